The van der Waals surface area contributed by atoms with Crippen LogP contribution in [0.4, 0.5) is 0 Å². The summed E-state index contributed by atoms with van der Waals surface area (Å²) in [5, 5.41) is 2.67. The van der Waals surface area contributed by atoms with E-state index in [-0.39, 0.29) is 23.6 Å². The monoisotopic (exact) mass is 450 g/mol. The van der Waals surface area contributed by atoms with Crippen LogP contribution >= 0.6 is 0 Å². The maximum absolute atomic E-state index is 12.1. The summed E-state index contributed by atoms with van der Waals surface area (Å²) in [5.74, 6) is -0.405. The van der Waals surface area contributed by atoms with E-state index in [2.05, 4.69) is 38.2 Å². The molecule has 0 saturated heterocycles. The van der Waals surface area contributed by atoms with Crippen LogP contribution < -0.4 is 5.32 Å². The maximum Gasteiger partial charge on any atom is 0.219 e. The summed E-state index contributed by atoms with van der Waals surface area (Å²) in [6, 6.07) is 0. The van der Waals surface area contributed by atoms with Crippen LogP contribution in [0.2, 0.25) is 0 Å². The third kappa shape index (κ3) is 14.4. The Balaban J connectivity index is 4.80. The van der Waals surface area contributed by atoms with Gasteiger partial charge in [0.05, 0.1) is 0 Å². The van der Waals surface area contributed by atoms with Crippen molar-refractivity contribution in [1.82, 2.24) is 20.0 Å². The predicted molar refractivity (Wildman–Crippen MR) is 128 cm³/mol. The van der Waals surface area contributed by atoms with Gasteiger partial charge in [0.2, 0.25) is 23.6 Å². The highest BCUT2D eigenvalue weighted by molar-refractivity contribution is 5.75. The van der Waals surface area contributed by atoms with Crippen molar-refractivity contribution in [3.05, 3.63) is 23.3 Å². The highest BCUT2D eigenvalue weighted by Gasteiger charge is 2.16. The molecule has 0 unspecified atom stereocenters. The molecule has 8 nitrogen and oxygen atoms in total. The van der Waals surface area contributed by atoms with Crippen LogP contribution in [0.1, 0.15) is 61.3 Å². The molecule has 0 saturated carbocycles. The minimum absolute atomic E-state index is 0.0393. The largest absolute Gasteiger partial charge is 0.355 e. The number of nitrogens with zero attached hydrogens (tertiary/aromatic N) is 3. The molecule has 0 fully saturated rings. The van der Waals surface area contributed by atoms with Gasteiger partial charge in [0.1, 0.15) is 0 Å². The highest BCUT2D eigenvalue weighted by atomic mass is 16.2. The Morgan fingerprint density at radius 1 is 0.656 bits per heavy atom. The first-order chi connectivity index (χ1) is 14.9. The molecule has 4 amide bonds. The Labute approximate surface area is 193 Å². The van der Waals surface area contributed by atoms with Gasteiger partial charge < -0.3 is 20.0 Å². The average Bonchev–Trinajstić information content (AvgIpc) is 2.67. The number of nitrogens with one attached hydrogen (secondary N) is 1. The lowest BCUT2D eigenvalue weighted by Gasteiger charge is -2.29. The summed E-state index contributed by atoms with van der Waals surface area (Å²) >= 11 is 0. The van der Waals surface area contributed by atoms with Crippen molar-refractivity contribution in [1.29, 1.82) is 0 Å². The molecule has 32 heavy (non-hydrogen) atoms. The van der Waals surface area contributed by atoms with Gasteiger partial charge in [0, 0.05) is 73.5 Å². The SMILES string of the molecule is CC(=O)NCCN(CCN(CCN(CC=C(C)CCC=C(C)C)C(C)=O)C(C)=O)C(C)=O. The molecule has 8 heteroatoms. The average molecular weight is 451 g/mol. The van der Waals surface area contributed by atoms with Gasteiger partial charge in [-0.25, -0.2) is 0 Å². The quantitative estimate of drug-likeness (QED) is 0.412. The molecule has 0 aromatic carbocycles. The number of carbonyl (C=O) groups is 4. The van der Waals surface area contributed by atoms with E-state index in [9.17, 15) is 19.2 Å². The van der Waals surface area contributed by atoms with E-state index >= 15 is 0 Å². The molecule has 0 aliphatic heterocycles. The molecule has 0 spiro atoms. The zero-order valence-corrected chi connectivity index (χ0v) is 21.0. The second-order valence-electron chi connectivity index (χ2n) is 8.33. The molecule has 0 atom stereocenters. The van der Waals surface area contributed by atoms with E-state index in [1.807, 2.05) is 0 Å². The maximum atomic E-state index is 12.1. The molecule has 1 N–H and O–H groups in total. The van der Waals surface area contributed by atoms with Crippen LogP contribution in [-0.4, -0.2) is 84.1 Å². The number of allylic oxidation sites excluding steroid dienone is 3. The van der Waals surface area contributed by atoms with Gasteiger partial charge in [0.15, 0.2) is 0 Å². The molecular weight excluding hydrogens is 408 g/mol. The Hall–Kier alpha value is -2.64. The van der Waals surface area contributed by atoms with Crippen LogP contribution in [0.5, 0.6) is 0 Å². The van der Waals surface area contributed by atoms with Crippen molar-refractivity contribution in [2.75, 3.05) is 45.8 Å². The van der Waals surface area contributed by atoms with E-state index in [1.54, 1.807) is 14.7 Å². The minimum Gasteiger partial charge on any atom is -0.355 e. The number of rotatable bonds is 14. The smallest absolute Gasteiger partial charge is 0.219 e. The minimum atomic E-state index is -0.149. The first-order valence-electron chi connectivity index (χ1n) is 11.2. The fourth-order valence-corrected chi connectivity index (χ4v) is 3.04. The second-order valence-corrected chi connectivity index (χ2v) is 8.33. The molecule has 0 aliphatic carbocycles. The van der Waals surface area contributed by atoms with E-state index in [4.69, 9.17) is 0 Å². The fourth-order valence-electron chi connectivity index (χ4n) is 3.04. The predicted octanol–water partition coefficient (Wildman–Crippen LogP) is 2.36. The number of hydrogen-bond donors (Lipinski definition) is 1. The van der Waals surface area contributed by atoms with Gasteiger partial charge in [-0.1, -0.05) is 23.3 Å². The first kappa shape index (κ1) is 29.4. The third-order valence-electron chi connectivity index (χ3n) is 5.12. The highest BCUT2D eigenvalue weighted by Crippen LogP contribution is 2.07. The first-order valence-corrected chi connectivity index (χ1v) is 11.2. The standard InChI is InChI=1S/C24H42N4O4/c1-19(2)9-8-10-20(3)11-13-26(22(5)30)15-17-28(24(7)32)18-16-27(23(6)31)14-12-25-21(4)29/h9,11H,8,10,12-18H2,1-7H3,(H,25,29). The van der Waals surface area contributed by atoms with Crippen molar-refractivity contribution < 1.29 is 19.2 Å². The molecule has 0 radical (unpaired) electrons. The lowest BCUT2D eigenvalue weighted by atomic mass is 10.1. The summed E-state index contributed by atoms with van der Waals surface area (Å²) in [6.07, 6.45) is 6.20. The van der Waals surface area contributed by atoms with Gasteiger partial charge >= 0.3 is 0 Å². The molecule has 0 heterocycles. The van der Waals surface area contributed by atoms with Crippen LogP contribution in [0.25, 0.3) is 0 Å². The molecule has 182 valence electrons. The Bertz CT molecular complexity index is 696. The summed E-state index contributed by atoms with van der Waals surface area (Å²) in [7, 11) is 0. The molecule has 0 aromatic heterocycles. The van der Waals surface area contributed by atoms with E-state index < -0.39 is 0 Å². The topological polar surface area (TPSA) is 90.0 Å². The summed E-state index contributed by atoms with van der Waals surface area (Å²) in [6.45, 7) is 15.0. The Kier molecular flexibility index (Phi) is 14.7. The zero-order valence-electron chi connectivity index (χ0n) is 21.0. The fraction of sp³-hybridized carbons (Fsp3) is 0.667. The normalized spacial score (nSPS) is 10.9. The Morgan fingerprint density at radius 3 is 1.56 bits per heavy atom. The summed E-state index contributed by atoms with van der Waals surface area (Å²) in [5.41, 5.74) is 2.53. The lowest BCUT2D eigenvalue weighted by Crippen LogP contribution is -2.45. The molecule has 0 bridgehead atoms. The molecule has 0 aromatic rings. The van der Waals surface area contributed by atoms with Gasteiger partial charge in [-0.3, -0.25) is 19.2 Å². The van der Waals surface area contributed by atoms with Crippen molar-refractivity contribution >= 4 is 23.6 Å². The Morgan fingerprint density at radius 2 is 1.12 bits per heavy atom. The van der Waals surface area contributed by atoms with E-state index in [1.165, 1.54) is 38.8 Å². The third-order valence-corrected chi connectivity index (χ3v) is 5.12. The van der Waals surface area contributed by atoms with Gasteiger partial charge in [-0.15, -0.1) is 0 Å². The number of hydrogen-bond acceptors (Lipinski definition) is 4. The number of amides is 4. The van der Waals surface area contributed by atoms with E-state index in [0.717, 1.165) is 12.8 Å². The van der Waals surface area contributed by atoms with Crippen molar-refractivity contribution in [2.45, 2.75) is 61.3 Å². The van der Waals surface area contributed by atoms with Crippen LogP contribution in [-0.2, 0) is 19.2 Å². The summed E-state index contributed by atoms with van der Waals surface area (Å²) in [4.78, 5) is 52.0. The molecular formula is C24H42N4O4. The second kappa shape index (κ2) is 16.1. The van der Waals surface area contributed by atoms with Crippen LogP contribution in [0, 0.1) is 0 Å². The lowest BCUT2D eigenvalue weighted by molar-refractivity contribution is -0.134. The van der Waals surface area contributed by atoms with Gasteiger partial charge in [-0.05, 0) is 33.6 Å². The van der Waals surface area contributed by atoms with Crippen molar-refractivity contribution in [3.63, 3.8) is 0 Å². The van der Waals surface area contributed by atoms with Crippen molar-refractivity contribution in [2.24, 2.45) is 0 Å². The molecule has 0 aliphatic rings. The van der Waals surface area contributed by atoms with Crippen LogP contribution in [0.15, 0.2) is 23.3 Å². The molecule has 0 rings (SSSR count). The zero-order chi connectivity index (χ0) is 24.7. The van der Waals surface area contributed by atoms with Crippen LogP contribution in [0.3, 0.4) is 0 Å². The summed E-state index contributed by atoms with van der Waals surface area (Å²) < 4.78 is 0. The van der Waals surface area contributed by atoms with Gasteiger partial charge in [-0.2, -0.15) is 0 Å². The van der Waals surface area contributed by atoms with Gasteiger partial charge in [0.25, 0.3) is 0 Å². The number of carbonyl (C=O) groups excluding carboxylic acids is 4. The van der Waals surface area contributed by atoms with Crippen molar-refractivity contribution in [3.8, 4) is 0 Å². The van der Waals surface area contributed by atoms with E-state index in [0.29, 0.717) is 45.8 Å².